The van der Waals surface area contributed by atoms with Crippen molar-refractivity contribution < 1.29 is 17.6 Å². The van der Waals surface area contributed by atoms with E-state index in [1.54, 1.807) is 23.0 Å². The number of fused-ring (bicyclic) bond motifs is 4. The SMILES string of the molecule is C[C@]12Cc3cnn(-c4ccc(F)cc4)c3C=C1CC[C@@H]1C2=CCC[C@H]1C(F)(F)F. The van der Waals surface area contributed by atoms with Crippen LogP contribution in [-0.2, 0) is 6.42 Å². The highest BCUT2D eigenvalue weighted by Crippen LogP contribution is 2.58. The van der Waals surface area contributed by atoms with Crippen molar-refractivity contribution in [3.05, 3.63) is 64.8 Å². The van der Waals surface area contributed by atoms with Crippen LogP contribution in [0.15, 0.2) is 47.7 Å². The molecule has 1 fully saturated rings. The third-order valence-electron chi connectivity index (χ3n) is 7.03. The zero-order valence-corrected chi connectivity index (χ0v) is 16.1. The zero-order valence-electron chi connectivity index (χ0n) is 16.1. The second kappa shape index (κ2) is 6.31. The Balaban J connectivity index is 1.55. The summed E-state index contributed by atoms with van der Waals surface area (Å²) in [4.78, 5) is 0. The Bertz CT molecular complexity index is 1010. The Hall–Kier alpha value is -2.37. The second-order valence-electron chi connectivity index (χ2n) is 8.65. The molecule has 5 rings (SSSR count). The molecule has 0 aliphatic heterocycles. The lowest BCUT2D eigenvalue weighted by atomic mass is 9.55. The van der Waals surface area contributed by atoms with Crippen LogP contribution in [0.4, 0.5) is 17.6 Å². The molecule has 2 aromatic rings. The minimum absolute atomic E-state index is 0.195. The Morgan fingerprint density at radius 2 is 1.90 bits per heavy atom. The normalized spacial score (nSPS) is 28.7. The highest BCUT2D eigenvalue weighted by atomic mass is 19.4. The molecule has 152 valence electrons. The van der Waals surface area contributed by atoms with Crippen molar-refractivity contribution in [2.45, 2.75) is 45.2 Å². The first-order valence-corrected chi connectivity index (χ1v) is 10.1. The molecule has 1 aromatic carbocycles. The van der Waals surface area contributed by atoms with E-state index in [-0.39, 0.29) is 17.7 Å². The largest absolute Gasteiger partial charge is 0.392 e. The first kappa shape index (κ1) is 18.6. The van der Waals surface area contributed by atoms with Gasteiger partial charge in [-0.1, -0.05) is 24.1 Å². The van der Waals surface area contributed by atoms with E-state index in [9.17, 15) is 17.6 Å². The van der Waals surface area contributed by atoms with Crippen LogP contribution in [0, 0.1) is 23.1 Å². The molecule has 0 amide bonds. The lowest BCUT2D eigenvalue weighted by Crippen LogP contribution is -2.43. The standard InChI is InChI=1S/C23H22F4N2/c1-22-12-14-13-28-29(17-8-6-16(24)7-9-17)21(14)11-15(22)5-10-18-19(22)3-2-4-20(18)23(25,26)27/h3,6-9,11,13,18,20H,2,4-5,10,12H2,1H3/t18-,20-,22+/m1/s1. The van der Waals surface area contributed by atoms with Gasteiger partial charge in [-0.15, -0.1) is 0 Å². The van der Waals surface area contributed by atoms with Crippen molar-refractivity contribution >= 4 is 6.08 Å². The van der Waals surface area contributed by atoms with Crippen molar-refractivity contribution in [1.29, 1.82) is 0 Å². The van der Waals surface area contributed by atoms with Crippen molar-refractivity contribution in [2.75, 3.05) is 0 Å². The summed E-state index contributed by atoms with van der Waals surface area (Å²) in [7, 11) is 0. The van der Waals surface area contributed by atoms with E-state index >= 15 is 0 Å². The van der Waals surface area contributed by atoms with Crippen molar-refractivity contribution in [3.63, 3.8) is 0 Å². The molecule has 0 radical (unpaired) electrons. The maximum atomic E-state index is 13.6. The van der Waals surface area contributed by atoms with Crippen LogP contribution in [0.1, 0.15) is 43.9 Å². The smallest absolute Gasteiger partial charge is 0.233 e. The van der Waals surface area contributed by atoms with Gasteiger partial charge in [0.15, 0.2) is 0 Å². The number of hydrogen-bond acceptors (Lipinski definition) is 1. The topological polar surface area (TPSA) is 17.8 Å². The Kier molecular flexibility index (Phi) is 4.06. The van der Waals surface area contributed by atoms with Gasteiger partial charge in [-0.05, 0) is 73.9 Å². The number of nitrogens with zero attached hydrogens (tertiary/aromatic N) is 2. The highest BCUT2D eigenvalue weighted by Gasteiger charge is 2.53. The number of rotatable bonds is 1. The van der Waals surface area contributed by atoms with E-state index < -0.39 is 18.0 Å². The first-order chi connectivity index (χ1) is 13.8. The van der Waals surface area contributed by atoms with Crippen molar-refractivity contribution in [1.82, 2.24) is 9.78 Å². The van der Waals surface area contributed by atoms with Crippen LogP contribution in [0.5, 0.6) is 0 Å². The lowest BCUT2D eigenvalue weighted by molar-refractivity contribution is -0.191. The zero-order chi connectivity index (χ0) is 20.4. The van der Waals surface area contributed by atoms with Crippen LogP contribution in [0.2, 0.25) is 0 Å². The van der Waals surface area contributed by atoms with E-state index in [4.69, 9.17) is 0 Å². The van der Waals surface area contributed by atoms with Gasteiger partial charge in [0, 0.05) is 5.41 Å². The molecule has 29 heavy (non-hydrogen) atoms. The molecule has 1 heterocycles. The van der Waals surface area contributed by atoms with Gasteiger partial charge in [0.05, 0.1) is 23.5 Å². The summed E-state index contributed by atoms with van der Waals surface area (Å²) < 4.78 is 56.0. The van der Waals surface area contributed by atoms with Gasteiger partial charge in [-0.2, -0.15) is 18.3 Å². The number of hydrogen-bond donors (Lipinski definition) is 0. The fraction of sp³-hybridized carbons (Fsp3) is 0.435. The molecular formula is C23H22F4N2. The summed E-state index contributed by atoms with van der Waals surface area (Å²) in [5.74, 6) is -1.95. The molecule has 2 nitrogen and oxygen atoms in total. The van der Waals surface area contributed by atoms with Gasteiger partial charge in [-0.25, -0.2) is 9.07 Å². The number of alkyl halides is 3. The van der Waals surface area contributed by atoms with Gasteiger partial charge in [0.2, 0.25) is 0 Å². The summed E-state index contributed by atoms with van der Waals surface area (Å²) in [5, 5.41) is 4.50. The third kappa shape index (κ3) is 2.87. The maximum absolute atomic E-state index is 13.6. The summed E-state index contributed by atoms with van der Waals surface area (Å²) >= 11 is 0. The van der Waals surface area contributed by atoms with E-state index in [2.05, 4.69) is 24.2 Å². The summed E-state index contributed by atoms with van der Waals surface area (Å²) in [5.41, 5.74) is 4.51. The van der Waals surface area contributed by atoms with Crippen LogP contribution < -0.4 is 0 Å². The molecule has 0 unspecified atom stereocenters. The van der Waals surface area contributed by atoms with Gasteiger partial charge in [0.25, 0.3) is 0 Å². The maximum Gasteiger partial charge on any atom is 0.392 e. The van der Waals surface area contributed by atoms with Gasteiger partial charge in [-0.3, -0.25) is 0 Å². The Morgan fingerprint density at radius 3 is 2.62 bits per heavy atom. The molecule has 1 saturated carbocycles. The predicted octanol–water partition coefficient (Wildman–Crippen LogP) is 6.27. The van der Waals surface area contributed by atoms with Gasteiger partial charge in [0.1, 0.15) is 5.82 Å². The van der Waals surface area contributed by atoms with Crippen LogP contribution in [0.25, 0.3) is 11.8 Å². The number of aromatic nitrogens is 2. The van der Waals surface area contributed by atoms with Gasteiger partial charge >= 0.3 is 6.18 Å². The van der Waals surface area contributed by atoms with Gasteiger partial charge < -0.3 is 0 Å². The fourth-order valence-electron chi connectivity index (χ4n) is 5.61. The highest BCUT2D eigenvalue weighted by molar-refractivity contribution is 5.63. The summed E-state index contributed by atoms with van der Waals surface area (Å²) in [6.07, 6.45) is 4.36. The fourth-order valence-corrected chi connectivity index (χ4v) is 5.61. The first-order valence-electron chi connectivity index (χ1n) is 10.1. The quantitative estimate of drug-likeness (QED) is 0.406. The predicted molar refractivity (Wildman–Crippen MR) is 103 cm³/mol. The molecule has 3 aliphatic rings. The average molecular weight is 402 g/mol. The molecule has 6 heteroatoms. The lowest BCUT2D eigenvalue weighted by Gasteiger charge is -2.49. The minimum atomic E-state index is -4.14. The monoisotopic (exact) mass is 402 g/mol. The molecule has 0 bridgehead atoms. The van der Waals surface area contributed by atoms with E-state index in [0.717, 1.165) is 22.5 Å². The Morgan fingerprint density at radius 1 is 1.14 bits per heavy atom. The number of benzene rings is 1. The molecule has 3 atom stereocenters. The van der Waals surface area contributed by atoms with Crippen LogP contribution in [-0.4, -0.2) is 16.0 Å². The molecule has 1 aromatic heterocycles. The van der Waals surface area contributed by atoms with Crippen LogP contribution >= 0.6 is 0 Å². The van der Waals surface area contributed by atoms with Crippen LogP contribution in [0.3, 0.4) is 0 Å². The number of allylic oxidation sites excluding steroid dienone is 3. The second-order valence-corrected chi connectivity index (χ2v) is 8.65. The van der Waals surface area contributed by atoms with Crippen molar-refractivity contribution in [3.8, 4) is 5.69 Å². The minimum Gasteiger partial charge on any atom is -0.233 e. The van der Waals surface area contributed by atoms with Crippen molar-refractivity contribution in [2.24, 2.45) is 17.3 Å². The average Bonchev–Trinajstić information content (AvgIpc) is 3.07. The molecule has 3 aliphatic carbocycles. The molecule has 0 N–H and O–H groups in total. The summed E-state index contributed by atoms with van der Waals surface area (Å²) in [6, 6.07) is 6.17. The van der Waals surface area contributed by atoms with E-state index in [1.807, 2.05) is 0 Å². The number of halogens is 4. The molecule has 0 saturated heterocycles. The molecule has 0 spiro atoms. The van der Waals surface area contributed by atoms with E-state index in [1.165, 1.54) is 17.7 Å². The third-order valence-corrected chi connectivity index (χ3v) is 7.03. The molecular weight excluding hydrogens is 380 g/mol. The van der Waals surface area contributed by atoms with E-state index in [0.29, 0.717) is 25.7 Å². The summed E-state index contributed by atoms with van der Waals surface area (Å²) in [6.45, 7) is 2.09. The Labute approximate surface area is 166 Å².